The molecule has 37 heavy (non-hydrogen) atoms. The molecule has 0 aromatic heterocycles. The molecule has 1 N–H and O–H groups in total. The van der Waals surface area contributed by atoms with Crippen LogP contribution in [0.4, 0.5) is 5.69 Å². The van der Waals surface area contributed by atoms with Gasteiger partial charge < -0.3 is 15.0 Å². The maximum absolute atomic E-state index is 13.4. The van der Waals surface area contributed by atoms with E-state index in [2.05, 4.69) is 5.32 Å². The average Bonchev–Trinajstić information content (AvgIpc) is 2.86. The molecule has 0 heterocycles. The number of ether oxygens (including phenoxy) is 1. The van der Waals surface area contributed by atoms with Gasteiger partial charge in [0.15, 0.2) is 0 Å². The van der Waals surface area contributed by atoms with Crippen LogP contribution in [0.2, 0.25) is 5.02 Å². The third-order valence-electron chi connectivity index (χ3n) is 5.85. The summed E-state index contributed by atoms with van der Waals surface area (Å²) >= 11 is 6.00. The van der Waals surface area contributed by atoms with Gasteiger partial charge in [-0.1, -0.05) is 49.2 Å². The van der Waals surface area contributed by atoms with Crippen LogP contribution in [0.1, 0.15) is 52.0 Å². The third-order valence-corrected chi connectivity index (χ3v) is 7.28. The highest BCUT2D eigenvalue weighted by atomic mass is 35.5. The fourth-order valence-corrected chi connectivity index (χ4v) is 4.92. The molecule has 0 aliphatic rings. The lowest BCUT2D eigenvalue weighted by Gasteiger charge is -2.29. The second kappa shape index (κ2) is 14.8. The van der Waals surface area contributed by atoms with Gasteiger partial charge in [0.1, 0.15) is 11.8 Å². The van der Waals surface area contributed by atoms with E-state index in [4.69, 9.17) is 16.3 Å². The predicted molar refractivity (Wildman–Crippen MR) is 148 cm³/mol. The van der Waals surface area contributed by atoms with E-state index in [0.29, 0.717) is 29.6 Å². The highest BCUT2D eigenvalue weighted by Crippen LogP contribution is 2.30. The molecule has 0 unspecified atom stereocenters. The molecule has 0 radical (unpaired) electrons. The summed E-state index contributed by atoms with van der Waals surface area (Å²) in [4.78, 5) is 27.7. The van der Waals surface area contributed by atoms with Gasteiger partial charge in [0.25, 0.3) is 0 Å². The van der Waals surface area contributed by atoms with E-state index in [1.165, 1.54) is 9.21 Å². The van der Waals surface area contributed by atoms with Gasteiger partial charge in [-0.2, -0.15) is 0 Å². The summed E-state index contributed by atoms with van der Waals surface area (Å²) in [7, 11) is -3.62. The first-order valence-corrected chi connectivity index (χ1v) is 14.8. The Hall–Kier alpha value is -2.78. The fourth-order valence-electron chi connectivity index (χ4n) is 3.83. The molecule has 1 atom stereocenters. The molecule has 204 valence electrons. The van der Waals surface area contributed by atoms with Crippen LogP contribution in [0.15, 0.2) is 48.5 Å². The smallest absolute Gasteiger partial charge is 0.242 e. The van der Waals surface area contributed by atoms with E-state index in [9.17, 15) is 18.0 Å². The standard InChI is InChI=1S/C27H38ClN3O5S/c1-5-7-18-29-27(33)21(3)30(20-22-14-16-23(28)17-15-22)26(32)13-10-19-31(37(4,34)35)24-11-8-9-12-25(24)36-6-2/h8-9,11-12,14-17,21H,5-7,10,13,18-20H2,1-4H3,(H,29,33)/t21-/m1/s1. The maximum Gasteiger partial charge on any atom is 0.242 e. The topological polar surface area (TPSA) is 96.0 Å². The van der Waals surface area contributed by atoms with Gasteiger partial charge in [-0.05, 0) is 56.5 Å². The van der Waals surface area contributed by atoms with Crippen molar-refractivity contribution in [2.45, 2.75) is 59.0 Å². The minimum Gasteiger partial charge on any atom is -0.492 e. The Morgan fingerprint density at radius 1 is 1.05 bits per heavy atom. The number of halogens is 1. The lowest BCUT2D eigenvalue weighted by atomic mass is 10.1. The van der Waals surface area contributed by atoms with Crippen LogP contribution in [-0.2, 0) is 26.2 Å². The first-order chi connectivity index (χ1) is 17.6. The molecular weight excluding hydrogens is 514 g/mol. The van der Waals surface area contributed by atoms with E-state index >= 15 is 0 Å². The minimum atomic E-state index is -3.62. The third kappa shape index (κ3) is 9.55. The Bertz CT molecular complexity index is 1130. The summed E-state index contributed by atoms with van der Waals surface area (Å²) in [5.74, 6) is 0.00212. The highest BCUT2D eigenvalue weighted by Gasteiger charge is 2.27. The summed E-state index contributed by atoms with van der Waals surface area (Å²) in [6, 6.07) is 13.4. The molecule has 0 aliphatic carbocycles. The second-order valence-electron chi connectivity index (χ2n) is 8.81. The van der Waals surface area contributed by atoms with E-state index in [-0.39, 0.29) is 37.7 Å². The summed E-state index contributed by atoms with van der Waals surface area (Å²) < 4.78 is 32.1. The van der Waals surface area contributed by atoms with Crippen LogP contribution in [0.25, 0.3) is 0 Å². The molecule has 0 saturated carbocycles. The summed E-state index contributed by atoms with van der Waals surface area (Å²) in [6.45, 7) is 6.85. The molecule has 0 spiro atoms. The zero-order chi connectivity index (χ0) is 27.4. The molecule has 0 saturated heterocycles. The zero-order valence-electron chi connectivity index (χ0n) is 22.1. The number of benzene rings is 2. The lowest BCUT2D eigenvalue weighted by molar-refractivity contribution is -0.140. The van der Waals surface area contributed by atoms with Crippen molar-refractivity contribution in [1.82, 2.24) is 10.2 Å². The lowest BCUT2D eigenvalue weighted by Crippen LogP contribution is -2.48. The van der Waals surface area contributed by atoms with Crippen molar-refractivity contribution >= 4 is 39.1 Å². The highest BCUT2D eigenvalue weighted by molar-refractivity contribution is 7.92. The molecule has 2 aromatic carbocycles. The van der Waals surface area contributed by atoms with E-state index in [1.54, 1.807) is 43.3 Å². The molecule has 0 bridgehead atoms. The minimum absolute atomic E-state index is 0.0724. The number of sulfonamides is 1. The number of hydrogen-bond donors (Lipinski definition) is 1. The number of amides is 2. The monoisotopic (exact) mass is 551 g/mol. The van der Waals surface area contributed by atoms with Crippen LogP contribution in [0, 0.1) is 0 Å². The first kappa shape index (κ1) is 30.4. The van der Waals surface area contributed by atoms with Crippen LogP contribution < -0.4 is 14.4 Å². The van der Waals surface area contributed by atoms with Gasteiger partial charge in [-0.15, -0.1) is 0 Å². The Kier molecular flexibility index (Phi) is 12.2. The summed E-state index contributed by atoms with van der Waals surface area (Å²) in [5.41, 5.74) is 1.27. The van der Waals surface area contributed by atoms with Gasteiger partial charge in [0, 0.05) is 31.1 Å². The molecule has 2 aromatic rings. The number of hydrogen-bond acceptors (Lipinski definition) is 5. The number of rotatable bonds is 15. The van der Waals surface area contributed by atoms with Crippen molar-refractivity contribution in [1.29, 1.82) is 0 Å². The molecule has 0 aliphatic heterocycles. The van der Waals surface area contributed by atoms with Crippen molar-refractivity contribution in [2.75, 3.05) is 30.3 Å². The second-order valence-corrected chi connectivity index (χ2v) is 11.2. The summed E-state index contributed by atoms with van der Waals surface area (Å²) in [6.07, 6.45) is 3.28. The quantitative estimate of drug-likeness (QED) is 0.326. The average molecular weight is 552 g/mol. The SMILES string of the molecule is CCCCNC(=O)[C@@H](C)N(Cc1ccc(Cl)cc1)C(=O)CCCN(c1ccccc1OCC)S(C)(=O)=O. The molecule has 10 heteroatoms. The normalized spacial score (nSPS) is 12.0. The van der Waals surface area contributed by atoms with Crippen molar-refractivity contribution in [2.24, 2.45) is 0 Å². The largest absolute Gasteiger partial charge is 0.492 e. The first-order valence-electron chi connectivity index (χ1n) is 12.6. The number of carbonyl (C=O) groups is 2. The van der Waals surface area contributed by atoms with Gasteiger partial charge in [-0.3, -0.25) is 13.9 Å². The number of anilines is 1. The van der Waals surface area contributed by atoms with Gasteiger partial charge in [0.2, 0.25) is 21.8 Å². The number of para-hydroxylation sites is 2. The summed E-state index contributed by atoms with van der Waals surface area (Å²) in [5, 5.41) is 3.48. The van der Waals surface area contributed by atoms with E-state index in [0.717, 1.165) is 24.7 Å². The molecule has 2 rings (SSSR count). The molecular formula is C27H38ClN3O5S. The Labute approximate surface area is 226 Å². The zero-order valence-corrected chi connectivity index (χ0v) is 23.6. The Morgan fingerprint density at radius 3 is 2.35 bits per heavy atom. The molecule has 8 nitrogen and oxygen atoms in total. The van der Waals surface area contributed by atoms with E-state index < -0.39 is 16.1 Å². The van der Waals surface area contributed by atoms with Crippen LogP contribution in [0.5, 0.6) is 5.75 Å². The van der Waals surface area contributed by atoms with Crippen molar-refractivity contribution in [3.8, 4) is 5.75 Å². The fraction of sp³-hybridized carbons (Fsp3) is 0.481. The number of unbranched alkanes of at least 4 members (excludes halogenated alkanes) is 1. The van der Waals surface area contributed by atoms with Crippen LogP contribution in [-0.4, -0.2) is 57.1 Å². The van der Waals surface area contributed by atoms with Gasteiger partial charge >= 0.3 is 0 Å². The Balaban J connectivity index is 2.17. The predicted octanol–water partition coefficient (Wildman–Crippen LogP) is 4.62. The maximum atomic E-state index is 13.4. The van der Waals surface area contributed by atoms with E-state index in [1.807, 2.05) is 26.0 Å². The van der Waals surface area contributed by atoms with Gasteiger partial charge in [-0.25, -0.2) is 8.42 Å². The number of nitrogens with one attached hydrogen (secondary N) is 1. The van der Waals surface area contributed by atoms with Crippen LogP contribution >= 0.6 is 11.6 Å². The molecule has 2 amide bonds. The molecule has 0 fully saturated rings. The van der Waals surface area contributed by atoms with Crippen LogP contribution in [0.3, 0.4) is 0 Å². The van der Waals surface area contributed by atoms with Crippen molar-refractivity contribution in [3.05, 3.63) is 59.1 Å². The van der Waals surface area contributed by atoms with Crippen molar-refractivity contribution < 1.29 is 22.7 Å². The number of nitrogens with zero attached hydrogens (tertiary/aromatic N) is 2. The number of carbonyl (C=O) groups excluding carboxylic acids is 2. The van der Waals surface area contributed by atoms with Gasteiger partial charge in [0.05, 0.1) is 18.6 Å². The van der Waals surface area contributed by atoms with Crippen molar-refractivity contribution in [3.63, 3.8) is 0 Å². The Morgan fingerprint density at radius 2 is 1.73 bits per heavy atom.